The van der Waals surface area contributed by atoms with E-state index in [0.717, 1.165) is 24.3 Å². The van der Waals surface area contributed by atoms with Crippen LogP contribution in [-0.4, -0.2) is 39.3 Å². The summed E-state index contributed by atoms with van der Waals surface area (Å²) in [5.74, 6) is -1.83. The highest BCUT2D eigenvalue weighted by Gasteiger charge is 2.21. The van der Waals surface area contributed by atoms with Crippen molar-refractivity contribution in [2.75, 3.05) is 18.2 Å². The van der Waals surface area contributed by atoms with Gasteiger partial charge in [0.2, 0.25) is 0 Å². The van der Waals surface area contributed by atoms with Gasteiger partial charge < -0.3 is 14.8 Å². The number of sulfone groups is 1. The molecule has 0 fully saturated rings. The number of nitrogens with one attached hydrogen (secondary N) is 1. The minimum atomic E-state index is -3.76. The maximum absolute atomic E-state index is 12.9. The van der Waals surface area contributed by atoms with E-state index < -0.39 is 45.8 Å². The minimum Gasteiger partial charge on any atom is -0.497 e. The number of amides is 1. The summed E-state index contributed by atoms with van der Waals surface area (Å²) in [4.78, 5) is 23.9. The van der Waals surface area contributed by atoms with Crippen molar-refractivity contribution in [3.05, 3.63) is 54.3 Å². The molecule has 0 aliphatic rings. The van der Waals surface area contributed by atoms with Crippen molar-refractivity contribution in [2.24, 2.45) is 0 Å². The zero-order valence-electron chi connectivity index (χ0n) is 15.3. The molecular weight excluding hydrogens is 389 g/mol. The first-order chi connectivity index (χ1) is 13.2. The number of halogens is 1. The smallest absolute Gasteiger partial charge is 0.307 e. The summed E-state index contributed by atoms with van der Waals surface area (Å²) in [5.41, 5.74) is 0.493. The summed E-state index contributed by atoms with van der Waals surface area (Å²) in [5, 5.41) is 2.58. The van der Waals surface area contributed by atoms with Gasteiger partial charge in [-0.1, -0.05) is 0 Å². The maximum Gasteiger partial charge on any atom is 0.307 e. The summed E-state index contributed by atoms with van der Waals surface area (Å²) in [7, 11) is -2.24. The molecular formula is C19H20FNO6S. The highest BCUT2D eigenvalue weighted by molar-refractivity contribution is 7.91. The van der Waals surface area contributed by atoms with Crippen LogP contribution in [0.2, 0.25) is 0 Å². The van der Waals surface area contributed by atoms with Gasteiger partial charge in [-0.05, 0) is 55.5 Å². The van der Waals surface area contributed by atoms with Gasteiger partial charge in [0.15, 0.2) is 15.9 Å². The fourth-order valence-corrected chi connectivity index (χ4v) is 3.43. The lowest BCUT2D eigenvalue weighted by atomic mass is 10.3. The van der Waals surface area contributed by atoms with Crippen molar-refractivity contribution < 1.29 is 31.9 Å². The predicted octanol–water partition coefficient (Wildman–Crippen LogP) is 2.57. The molecule has 2 aromatic rings. The Morgan fingerprint density at radius 3 is 2.25 bits per heavy atom. The maximum atomic E-state index is 12.9. The van der Waals surface area contributed by atoms with Crippen LogP contribution in [0.4, 0.5) is 10.1 Å². The van der Waals surface area contributed by atoms with Gasteiger partial charge >= 0.3 is 5.97 Å². The van der Waals surface area contributed by atoms with E-state index in [2.05, 4.69) is 5.32 Å². The number of anilines is 1. The lowest BCUT2D eigenvalue weighted by molar-refractivity contribution is -0.152. The quantitative estimate of drug-likeness (QED) is 0.531. The number of hydrogen-bond donors (Lipinski definition) is 1. The molecule has 28 heavy (non-hydrogen) atoms. The van der Waals surface area contributed by atoms with E-state index in [1.807, 2.05) is 0 Å². The van der Waals surface area contributed by atoms with E-state index in [0.29, 0.717) is 11.4 Å². The van der Waals surface area contributed by atoms with Crippen LogP contribution >= 0.6 is 0 Å². The zero-order chi connectivity index (χ0) is 20.7. The summed E-state index contributed by atoms with van der Waals surface area (Å²) < 4.78 is 47.2. The molecule has 1 atom stereocenters. The minimum absolute atomic E-state index is 0.0907. The van der Waals surface area contributed by atoms with Crippen molar-refractivity contribution in [3.63, 3.8) is 0 Å². The molecule has 0 saturated carbocycles. The molecule has 0 saturated heterocycles. The number of rotatable bonds is 8. The molecule has 0 aliphatic heterocycles. The average molecular weight is 409 g/mol. The Balaban J connectivity index is 1.85. The molecule has 0 aliphatic carbocycles. The Kier molecular flexibility index (Phi) is 7.11. The molecule has 2 rings (SSSR count). The number of esters is 1. The lowest BCUT2D eigenvalue weighted by Gasteiger charge is -2.14. The van der Waals surface area contributed by atoms with Crippen LogP contribution in [0.1, 0.15) is 13.3 Å². The second-order valence-electron chi connectivity index (χ2n) is 5.87. The molecule has 1 N–H and O–H groups in total. The SMILES string of the molecule is COc1ccc(NC(=O)[C@H](C)OC(=O)CCS(=O)(=O)c2ccc(F)cc2)cc1. The molecule has 150 valence electrons. The number of carbonyl (C=O) groups excluding carboxylic acids is 2. The van der Waals surface area contributed by atoms with Gasteiger partial charge in [0.05, 0.1) is 24.2 Å². The van der Waals surface area contributed by atoms with Crippen LogP contribution in [0.15, 0.2) is 53.4 Å². The molecule has 1 amide bonds. The second-order valence-corrected chi connectivity index (χ2v) is 7.98. The van der Waals surface area contributed by atoms with Crippen molar-refractivity contribution in [1.82, 2.24) is 0 Å². The fraction of sp³-hybridized carbons (Fsp3) is 0.263. The Bertz CT molecular complexity index is 926. The number of carbonyl (C=O) groups is 2. The third kappa shape index (κ3) is 6.05. The van der Waals surface area contributed by atoms with E-state index >= 15 is 0 Å². The third-order valence-electron chi connectivity index (χ3n) is 3.78. The number of ether oxygens (including phenoxy) is 2. The molecule has 9 heteroatoms. The van der Waals surface area contributed by atoms with E-state index in [4.69, 9.17) is 9.47 Å². The number of methoxy groups -OCH3 is 1. The predicted molar refractivity (Wildman–Crippen MR) is 100 cm³/mol. The van der Waals surface area contributed by atoms with Crippen LogP contribution in [0, 0.1) is 5.82 Å². The van der Waals surface area contributed by atoms with Crippen LogP contribution in [0.5, 0.6) is 5.75 Å². The molecule has 7 nitrogen and oxygen atoms in total. The molecule has 0 bridgehead atoms. The van der Waals surface area contributed by atoms with Gasteiger partial charge in [0.25, 0.3) is 5.91 Å². The molecule has 0 spiro atoms. The second kappa shape index (κ2) is 9.32. The highest BCUT2D eigenvalue weighted by atomic mass is 32.2. The van der Waals surface area contributed by atoms with Gasteiger partial charge in [0, 0.05) is 5.69 Å². The fourth-order valence-electron chi connectivity index (χ4n) is 2.21. The normalized spacial score (nSPS) is 12.1. The van der Waals surface area contributed by atoms with Gasteiger partial charge in [-0.2, -0.15) is 0 Å². The van der Waals surface area contributed by atoms with Crippen LogP contribution < -0.4 is 10.1 Å². The molecule has 0 unspecified atom stereocenters. The van der Waals surface area contributed by atoms with E-state index in [1.165, 1.54) is 14.0 Å². The summed E-state index contributed by atoms with van der Waals surface area (Å²) in [6, 6.07) is 10.9. The average Bonchev–Trinajstić information content (AvgIpc) is 2.67. The standard InChI is InChI=1S/C19H20FNO6S/c1-13(19(23)21-15-5-7-16(26-2)8-6-15)27-18(22)11-12-28(24,25)17-9-3-14(20)4-10-17/h3-10,13H,11-12H2,1-2H3,(H,21,23)/t13-/m0/s1. The molecule has 2 aromatic carbocycles. The third-order valence-corrected chi connectivity index (χ3v) is 5.51. The van der Waals surface area contributed by atoms with Gasteiger partial charge in [-0.15, -0.1) is 0 Å². The molecule has 0 radical (unpaired) electrons. The van der Waals surface area contributed by atoms with Crippen molar-refractivity contribution in [1.29, 1.82) is 0 Å². The highest BCUT2D eigenvalue weighted by Crippen LogP contribution is 2.16. The first-order valence-electron chi connectivity index (χ1n) is 8.34. The molecule has 0 aromatic heterocycles. The van der Waals surface area contributed by atoms with Gasteiger partial charge in [0.1, 0.15) is 11.6 Å². The summed E-state index contributed by atoms with van der Waals surface area (Å²) in [6.07, 6.45) is -1.54. The lowest BCUT2D eigenvalue weighted by Crippen LogP contribution is -2.30. The van der Waals surface area contributed by atoms with E-state index in [9.17, 15) is 22.4 Å². The Hall–Kier alpha value is -2.94. The summed E-state index contributed by atoms with van der Waals surface area (Å²) in [6.45, 7) is 1.38. The summed E-state index contributed by atoms with van der Waals surface area (Å²) >= 11 is 0. The van der Waals surface area contributed by atoms with Crippen LogP contribution in [0.3, 0.4) is 0 Å². The van der Waals surface area contributed by atoms with Crippen molar-refractivity contribution in [3.8, 4) is 5.75 Å². The van der Waals surface area contributed by atoms with Crippen LogP contribution in [0.25, 0.3) is 0 Å². The van der Waals surface area contributed by atoms with E-state index in [-0.39, 0.29) is 4.90 Å². The van der Waals surface area contributed by atoms with Crippen molar-refractivity contribution >= 4 is 27.4 Å². The monoisotopic (exact) mass is 409 g/mol. The topological polar surface area (TPSA) is 98.8 Å². The van der Waals surface area contributed by atoms with Gasteiger partial charge in [-0.25, -0.2) is 12.8 Å². The number of benzene rings is 2. The first kappa shape index (κ1) is 21.4. The van der Waals surface area contributed by atoms with Gasteiger partial charge in [-0.3, -0.25) is 9.59 Å². The molecule has 0 heterocycles. The Morgan fingerprint density at radius 2 is 1.68 bits per heavy atom. The largest absolute Gasteiger partial charge is 0.497 e. The Labute approximate surface area is 162 Å². The van der Waals surface area contributed by atoms with E-state index in [1.54, 1.807) is 24.3 Å². The zero-order valence-corrected chi connectivity index (χ0v) is 16.2. The van der Waals surface area contributed by atoms with Crippen molar-refractivity contribution in [2.45, 2.75) is 24.3 Å². The Morgan fingerprint density at radius 1 is 1.07 bits per heavy atom. The number of hydrogen-bond acceptors (Lipinski definition) is 6. The van der Waals surface area contributed by atoms with Crippen LogP contribution in [-0.2, 0) is 24.2 Å². The first-order valence-corrected chi connectivity index (χ1v) is 9.99.